The molecule has 0 aliphatic heterocycles. The molecule has 4 aromatic rings. The van der Waals surface area contributed by atoms with E-state index in [1.807, 2.05) is 30.3 Å². The van der Waals surface area contributed by atoms with Crippen LogP contribution in [-0.4, -0.2) is 41.5 Å². The van der Waals surface area contributed by atoms with Crippen molar-refractivity contribution in [2.24, 2.45) is 0 Å². The summed E-state index contributed by atoms with van der Waals surface area (Å²) in [7, 11) is 0. The summed E-state index contributed by atoms with van der Waals surface area (Å²) in [5, 5.41) is 12.6. The molecule has 9 heteroatoms. The van der Waals surface area contributed by atoms with Gasteiger partial charge in [-0.2, -0.15) is 5.10 Å². The maximum Gasteiger partial charge on any atom is 0.270 e. The lowest BCUT2D eigenvalue weighted by Gasteiger charge is -2.29. The lowest BCUT2D eigenvalue weighted by Crippen LogP contribution is -2.40. The zero-order chi connectivity index (χ0) is 21.2. The van der Waals surface area contributed by atoms with E-state index in [0.717, 1.165) is 36.6 Å². The number of hydrogen-bond acceptors (Lipinski definition) is 6. The topological polar surface area (TPSA) is 108 Å². The number of carbonyl (C=O) groups excluding carboxylic acids is 1. The molecule has 5 rings (SSSR count). The van der Waals surface area contributed by atoms with E-state index in [2.05, 4.69) is 25.5 Å². The average Bonchev–Trinajstić information content (AvgIpc) is 3.35. The van der Waals surface area contributed by atoms with Crippen molar-refractivity contribution in [3.05, 3.63) is 77.2 Å². The van der Waals surface area contributed by atoms with E-state index in [1.165, 1.54) is 21.8 Å². The molecular weight excluding hydrogens is 394 g/mol. The number of nitrogens with one attached hydrogen (secondary N) is 1. The number of amides is 1. The fourth-order valence-corrected chi connectivity index (χ4v) is 4.04. The van der Waals surface area contributed by atoms with Crippen LogP contribution < -0.4 is 10.9 Å². The Labute approximate surface area is 177 Å². The van der Waals surface area contributed by atoms with Gasteiger partial charge < -0.3 is 5.32 Å². The minimum Gasteiger partial charge on any atom is -0.348 e. The molecule has 1 aliphatic rings. The third-order valence-corrected chi connectivity index (χ3v) is 5.67. The van der Waals surface area contributed by atoms with Gasteiger partial charge in [0.1, 0.15) is 18.3 Å². The first-order valence-corrected chi connectivity index (χ1v) is 10.3. The van der Waals surface area contributed by atoms with E-state index in [1.54, 1.807) is 18.5 Å². The Morgan fingerprint density at radius 2 is 1.84 bits per heavy atom. The number of para-hydroxylation sites is 1. The SMILES string of the molecule is O=C(NC1CCC(n2nc(-n3cncn3)ccc2=O)CC1)c1ccc2ccccc2n1. The molecule has 1 N–H and O–H groups in total. The minimum atomic E-state index is -0.169. The second-order valence-electron chi connectivity index (χ2n) is 7.68. The van der Waals surface area contributed by atoms with E-state index < -0.39 is 0 Å². The Morgan fingerprint density at radius 3 is 2.65 bits per heavy atom. The van der Waals surface area contributed by atoms with Crippen molar-refractivity contribution in [1.29, 1.82) is 0 Å². The van der Waals surface area contributed by atoms with Crippen molar-refractivity contribution in [1.82, 2.24) is 34.8 Å². The highest BCUT2D eigenvalue weighted by Crippen LogP contribution is 2.27. The van der Waals surface area contributed by atoms with Crippen molar-refractivity contribution in [3.63, 3.8) is 0 Å². The van der Waals surface area contributed by atoms with Crippen LogP contribution in [0.2, 0.25) is 0 Å². The van der Waals surface area contributed by atoms with Crippen molar-refractivity contribution >= 4 is 16.8 Å². The van der Waals surface area contributed by atoms with Crippen LogP contribution in [0.3, 0.4) is 0 Å². The molecule has 0 saturated heterocycles. The molecule has 1 aromatic carbocycles. The lowest BCUT2D eigenvalue weighted by molar-refractivity contribution is 0.0916. The van der Waals surface area contributed by atoms with Crippen LogP contribution >= 0.6 is 0 Å². The number of hydrogen-bond donors (Lipinski definition) is 1. The second kappa shape index (κ2) is 8.10. The highest BCUT2D eigenvalue weighted by Gasteiger charge is 2.25. The van der Waals surface area contributed by atoms with Gasteiger partial charge in [-0.25, -0.2) is 19.3 Å². The predicted molar refractivity (Wildman–Crippen MR) is 114 cm³/mol. The molecule has 156 valence electrons. The molecule has 31 heavy (non-hydrogen) atoms. The van der Waals surface area contributed by atoms with E-state index in [-0.39, 0.29) is 23.6 Å². The molecule has 3 aromatic heterocycles. The minimum absolute atomic E-state index is 0.0112. The number of pyridine rings is 1. The molecule has 1 amide bonds. The summed E-state index contributed by atoms with van der Waals surface area (Å²) in [6, 6.07) is 14.6. The largest absolute Gasteiger partial charge is 0.348 e. The van der Waals surface area contributed by atoms with Crippen LogP contribution in [0.5, 0.6) is 0 Å². The highest BCUT2D eigenvalue weighted by molar-refractivity contribution is 5.95. The summed E-state index contributed by atoms with van der Waals surface area (Å²) in [5.41, 5.74) is 1.08. The molecule has 0 bridgehead atoms. The van der Waals surface area contributed by atoms with Crippen LogP contribution in [0.1, 0.15) is 42.2 Å². The van der Waals surface area contributed by atoms with Crippen LogP contribution in [0, 0.1) is 0 Å². The number of benzene rings is 1. The molecule has 9 nitrogen and oxygen atoms in total. The molecule has 3 heterocycles. The maximum absolute atomic E-state index is 12.7. The van der Waals surface area contributed by atoms with Gasteiger partial charge in [0.15, 0.2) is 5.82 Å². The zero-order valence-electron chi connectivity index (χ0n) is 16.8. The van der Waals surface area contributed by atoms with Crippen LogP contribution in [-0.2, 0) is 0 Å². The van der Waals surface area contributed by atoms with Crippen molar-refractivity contribution in [2.75, 3.05) is 0 Å². The van der Waals surface area contributed by atoms with E-state index in [9.17, 15) is 9.59 Å². The summed E-state index contributed by atoms with van der Waals surface area (Å²) in [6.45, 7) is 0. The molecule has 0 spiro atoms. The normalized spacial score (nSPS) is 18.7. The smallest absolute Gasteiger partial charge is 0.270 e. The first-order chi connectivity index (χ1) is 15.2. The summed E-state index contributed by atoms with van der Waals surface area (Å²) in [4.78, 5) is 33.4. The third-order valence-electron chi connectivity index (χ3n) is 5.67. The van der Waals surface area contributed by atoms with Crippen LogP contribution in [0.15, 0.2) is 66.0 Å². The molecular formula is C22H21N7O2. The Bertz CT molecular complexity index is 1270. The third kappa shape index (κ3) is 3.94. The van der Waals surface area contributed by atoms with Gasteiger partial charge >= 0.3 is 0 Å². The number of nitrogens with zero attached hydrogens (tertiary/aromatic N) is 6. The Kier molecular flexibility index (Phi) is 4.99. The van der Waals surface area contributed by atoms with Gasteiger partial charge in [0, 0.05) is 17.5 Å². The fourth-order valence-electron chi connectivity index (χ4n) is 4.04. The summed E-state index contributed by atoms with van der Waals surface area (Å²) in [6.07, 6.45) is 6.02. The van der Waals surface area contributed by atoms with E-state index in [0.29, 0.717) is 11.5 Å². The second-order valence-corrected chi connectivity index (χ2v) is 7.68. The monoisotopic (exact) mass is 415 g/mol. The maximum atomic E-state index is 12.7. The van der Waals surface area contributed by atoms with Gasteiger partial charge in [0.25, 0.3) is 11.5 Å². The molecule has 1 saturated carbocycles. The van der Waals surface area contributed by atoms with Gasteiger partial charge in [-0.15, -0.1) is 5.10 Å². The van der Waals surface area contributed by atoms with Gasteiger partial charge in [-0.05, 0) is 43.9 Å². The zero-order valence-corrected chi connectivity index (χ0v) is 16.8. The molecule has 1 fully saturated rings. The van der Waals surface area contributed by atoms with Crippen LogP contribution in [0.4, 0.5) is 0 Å². The Morgan fingerprint density at radius 1 is 1.00 bits per heavy atom. The van der Waals surface area contributed by atoms with Crippen molar-refractivity contribution < 1.29 is 4.79 Å². The van der Waals surface area contributed by atoms with Gasteiger partial charge in [0.2, 0.25) is 0 Å². The van der Waals surface area contributed by atoms with Gasteiger partial charge in [0.05, 0.1) is 11.6 Å². The lowest BCUT2D eigenvalue weighted by atomic mass is 9.91. The Balaban J connectivity index is 1.25. The fraction of sp³-hybridized carbons (Fsp3) is 0.273. The molecule has 0 atom stereocenters. The number of fused-ring (bicyclic) bond motifs is 1. The van der Waals surface area contributed by atoms with Crippen molar-refractivity contribution in [3.8, 4) is 5.82 Å². The summed E-state index contributed by atoms with van der Waals surface area (Å²) < 4.78 is 3.05. The number of carbonyl (C=O) groups is 1. The van der Waals surface area contributed by atoms with Gasteiger partial charge in [-0.1, -0.05) is 24.3 Å². The first kappa shape index (κ1) is 19.1. The summed E-state index contributed by atoms with van der Waals surface area (Å²) >= 11 is 0. The number of rotatable bonds is 4. The molecule has 0 unspecified atom stereocenters. The number of aromatic nitrogens is 6. The predicted octanol–water partition coefficient (Wildman–Crippen LogP) is 2.29. The van der Waals surface area contributed by atoms with E-state index >= 15 is 0 Å². The molecule has 0 radical (unpaired) electrons. The molecule has 1 aliphatic carbocycles. The van der Waals surface area contributed by atoms with Gasteiger partial charge in [-0.3, -0.25) is 9.59 Å². The summed E-state index contributed by atoms with van der Waals surface area (Å²) in [5.74, 6) is 0.382. The highest BCUT2D eigenvalue weighted by atomic mass is 16.2. The quantitative estimate of drug-likeness (QED) is 0.548. The van der Waals surface area contributed by atoms with E-state index in [4.69, 9.17) is 0 Å². The van der Waals surface area contributed by atoms with Crippen molar-refractivity contribution in [2.45, 2.75) is 37.8 Å². The Hall–Kier alpha value is -3.88. The van der Waals surface area contributed by atoms with Crippen LogP contribution in [0.25, 0.3) is 16.7 Å². The average molecular weight is 415 g/mol. The first-order valence-electron chi connectivity index (χ1n) is 10.3. The standard InChI is InChI=1S/C22H21N7O2/c30-21-12-11-20(28-14-23-13-24-28)27-29(21)17-8-6-16(7-9-17)25-22(31)19-10-5-15-3-1-2-4-18(15)26-19/h1-5,10-14,16-17H,6-9H2,(H,25,31).